The van der Waals surface area contributed by atoms with Gasteiger partial charge in [-0.3, -0.25) is 19.2 Å². The third kappa shape index (κ3) is 7.70. The van der Waals surface area contributed by atoms with E-state index in [0.29, 0.717) is 44.3 Å². The van der Waals surface area contributed by atoms with Crippen molar-refractivity contribution in [3.05, 3.63) is 29.8 Å². The van der Waals surface area contributed by atoms with E-state index >= 15 is 0 Å². The maximum atomic E-state index is 13.1. The van der Waals surface area contributed by atoms with E-state index in [1.54, 1.807) is 12.1 Å². The first-order chi connectivity index (χ1) is 16.1. The molecule has 1 heterocycles. The second-order valence-corrected chi connectivity index (χ2v) is 8.58. The average molecular weight is 478 g/mol. The van der Waals surface area contributed by atoms with Crippen LogP contribution in [0.15, 0.2) is 24.3 Å². The normalized spacial score (nSPS) is 18.1. The van der Waals surface area contributed by atoms with Crippen LogP contribution in [0.2, 0.25) is 0 Å². The predicted octanol–water partition coefficient (Wildman–Crippen LogP) is -0.544. The van der Waals surface area contributed by atoms with E-state index in [1.165, 1.54) is 24.0 Å². The maximum Gasteiger partial charge on any atom is 0.325 e. The molecule has 0 aliphatic carbocycles. The fraction of sp³-hybridized carbons (Fsp3) is 0.565. The van der Waals surface area contributed by atoms with Crippen molar-refractivity contribution in [3.8, 4) is 5.75 Å². The molecule has 1 aliphatic rings. The van der Waals surface area contributed by atoms with Crippen molar-refractivity contribution in [2.75, 3.05) is 13.1 Å². The first-order valence-corrected chi connectivity index (χ1v) is 11.5. The lowest BCUT2D eigenvalue weighted by Crippen LogP contribution is -2.56. The van der Waals surface area contributed by atoms with Crippen LogP contribution in [0.3, 0.4) is 0 Å². The summed E-state index contributed by atoms with van der Waals surface area (Å²) in [6, 6.07) is 2.40. The molecule has 188 valence electrons. The number of phenols is 1. The molecular formula is C23H35N5O6. The van der Waals surface area contributed by atoms with Crippen LogP contribution in [-0.2, 0) is 25.6 Å². The highest BCUT2D eigenvalue weighted by molar-refractivity contribution is 5.94. The maximum absolute atomic E-state index is 13.1. The van der Waals surface area contributed by atoms with Gasteiger partial charge in [-0.15, -0.1) is 0 Å². The Morgan fingerprint density at radius 1 is 1.15 bits per heavy atom. The predicted molar refractivity (Wildman–Crippen MR) is 125 cm³/mol. The minimum atomic E-state index is -1.21. The molecule has 0 saturated carbocycles. The van der Waals surface area contributed by atoms with Gasteiger partial charge in [0.25, 0.3) is 0 Å². The van der Waals surface area contributed by atoms with Crippen LogP contribution in [0.1, 0.15) is 44.6 Å². The Morgan fingerprint density at radius 3 is 2.44 bits per heavy atom. The number of nitrogens with two attached hydrogens (primary N) is 2. The highest BCUT2D eigenvalue weighted by atomic mass is 16.4. The lowest BCUT2D eigenvalue weighted by molar-refractivity contribution is -0.142. The minimum absolute atomic E-state index is 0.0520. The summed E-state index contributed by atoms with van der Waals surface area (Å²) in [5, 5.41) is 23.7. The van der Waals surface area contributed by atoms with E-state index in [1.807, 2.05) is 0 Å². The van der Waals surface area contributed by atoms with Crippen LogP contribution in [0, 0.1) is 0 Å². The summed E-state index contributed by atoms with van der Waals surface area (Å²) >= 11 is 0. The van der Waals surface area contributed by atoms with Crippen molar-refractivity contribution in [2.24, 2.45) is 11.5 Å². The van der Waals surface area contributed by atoms with Gasteiger partial charge in [0.05, 0.1) is 6.04 Å². The number of carboxylic acid groups (broad SMARTS) is 1. The zero-order valence-electron chi connectivity index (χ0n) is 19.4. The highest BCUT2D eigenvalue weighted by Gasteiger charge is 2.37. The number of likely N-dealkylation sites (tertiary alicyclic amines) is 1. The third-order valence-electron chi connectivity index (χ3n) is 5.86. The molecule has 0 bridgehead atoms. The Bertz CT molecular complexity index is 862. The van der Waals surface area contributed by atoms with Gasteiger partial charge in [0, 0.05) is 13.0 Å². The summed E-state index contributed by atoms with van der Waals surface area (Å²) in [6.45, 7) is 2.23. The molecule has 1 fully saturated rings. The van der Waals surface area contributed by atoms with Crippen molar-refractivity contribution in [1.82, 2.24) is 15.5 Å². The summed E-state index contributed by atoms with van der Waals surface area (Å²) in [5.41, 5.74) is 12.2. The molecule has 4 unspecified atom stereocenters. The van der Waals surface area contributed by atoms with Gasteiger partial charge in [0.1, 0.15) is 23.9 Å². The second-order valence-electron chi connectivity index (χ2n) is 8.58. The Balaban J connectivity index is 2.12. The lowest BCUT2D eigenvalue weighted by Gasteiger charge is -2.28. The Hall–Kier alpha value is -3.18. The van der Waals surface area contributed by atoms with Crippen molar-refractivity contribution < 1.29 is 29.4 Å². The molecule has 11 nitrogen and oxygen atoms in total. The van der Waals surface area contributed by atoms with Crippen LogP contribution in [0.4, 0.5) is 0 Å². The first-order valence-electron chi connectivity index (χ1n) is 11.5. The van der Waals surface area contributed by atoms with Crippen LogP contribution >= 0.6 is 0 Å². The van der Waals surface area contributed by atoms with Gasteiger partial charge in [-0.1, -0.05) is 18.6 Å². The number of benzene rings is 1. The second kappa shape index (κ2) is 12.9. The smallest absolute Gasteiger partial charge is 0.325 e. The molecule has 1 aromatic carbocycles. The molecule has 11 heteroatoms. The Morgan fingerprint density at radius 2 is 1.82 bits per heavy atom. The summed E-state index contributed by atoms with van der Waals surface area (Å²) in [6.07, 6.45) is 3.08. The van der Waals surface area contributed by atoms with Gasteiger partial charge in [0.2, 0.25) is 17.7 Å². The number of amides is 3. The van der Waals surface area contributed by atoms with Crippen molar-refractivity contribution in [3.63, 3.8) is 0 Å². The van der Waals surface area contributed by atoms with Crippen LogP contribution < -0.4 is 22.1 Å². The molecule has 4 atom stereocenters. The first kappa shape index (κ1) is 27.1. The molecule has 0 aromatic heterocycles. The number of phenolic OH excluding ortho intramolecular Hbond substituents is 1. The fourth-order valence-corrected chi connectivity index (χ4v) is 3.87. The molecule has 3 amide bonds. The summed E-state index contributed by atoms with van der Waals surface area (Å²) in [4.78, 5) is 51.4. The van der Waals surface area contributed by atoms with Crippen molar-refractivity contribution >= 4 is 23.7 Å². The monoisotopic (exact) mass is 477 g/mol. The molecule has 2 rings (SSSR count). The number of unbranched alkanes of at least 4 members (excludes halogenated alkanes) is 1. The zero-order valence-corrected chi connectivity index (χ0v) is 19.4. The number of carbonyl (C=O) groups excluding carboxylic acids is 3. The van der Waals surface area contributed by atoms with E-state index in [2.05, 4.69) is 10.6 Å². The number of nitrogens with one attached hydrogen (secondary N) is 2. The zero-order chi connectivity index (χ0) is 25.3. The van der Waals surface area contributed by atoms with E-state index in [0.717, 1.165) is 6.42 Å². The van der Waals surface area contributed by atoms with Crippen LogP contribution in [0.5, 0.6) is 5.75 Å². The van der Waals surface area contributed by atoms with Gasteiger partial charge in [-0.25, -0.2) is 0 Å². The Kier molecular flexibility index (Phi) is 10.3. The largest absolute Gasteiger partial charge is 0.508 e. The average Bonchev–Trinajstić information content (AvgIpc) is 3.29. The van der Waals surface area contributed by atoms with E-state index in [4.69, 9.17) is 16.6 Å². The number of hydrogen-bond acceptors (Lipinski definition) is 7. The fourth-order valence-electron chi connectivity index (χ4n) is 3.87. The minimum Gasteiger partial charge on any atom is -0.508 e. The third-order valence-corrected chi connectivity index (χ3v) is 5.86. The van der Waals surface area contributed by atoms with Gasteiger partial charge in [0.15, 0.2) is 0 Å². The quantitative estimate of drug-likeness (QED) is 0.216. The van der Waals surface area contributed by atoms with Gasteiger partial charge < -0.3 is 37.2 Å². The van der Waals surface area contributed by atoms with Gasteiger partial charge in [-0.05, 0) is 56.8 Å². The number of carboxylic acids is 1. The molecule has 34 heavy (non-hydrogen) atoms. The molecular weight excluding hydrogens is 442 g/mol. The van der Waals surface area contributed by atoms with Crippen molar-refractivity contribution in [2.45, 2.75) is 69.6 Å². The Labute approximate surface area is 198 Å². The topological polar surface area (TPSA) is 188 Å². The number of nitrogens with zero attached hydrogens (tertiary/aromatic N) is 1. The van der Waals surface area contributed by atoms with Crippen molar-refractivity contribution in [1.29, 1.82) is 0 Å². The van der Waals surface area contributed by atoms with Gasteiger partial charge in [-0.2, -0.15) is 0 Å². The standard InChI is InChI=1S/C23H35N5O6/c1-14(23(33)34)26-20(30)18(13-15-7-9-16(29)10-8-15)27-21(31)19-6-4-12-28(19)22(32)17(25)5-2-3-11-24/h7-10,14,17-19,29H,2-6,11-13,24-25H2,1H3,(H,26,30)(H,27,31)(H,33,34). The number of hydrogen-bond donors (Lipinski definition) is 6. The van der Waals surface area contributed by atoms with E-state index in [-0.39, 0.29) is 18.1 Å². The number of rotatable bonds is 12. The van der Waals surface area contributed by atoms with E-state index < -0.39 is 42.0 Å². The van der Waals surface area contributed by atoms with Crippen LogP contribution in [-0.4, -0.2) is 76.1 Å². The van der Waals surface area contributed by atoms with Gasteiger partial charge >= 0.3 is 5.97 Å². The molecule has 8 N–H and O–H groups in total. The number of aromatic hydroxyl groups is 1. The molecule has 1 aliphatic heterocycles. The highest BCUT2D eigenvalue weighted by Crippen LogP contribution is 2.20. The molecule has 0 radical (unpaired) electrons. The number of carbonyl (C=O) groups is 4. The SMILES string of the molecule is CC(NC(=O)C(Cc1ccc(O)cc1)NC(=O)C1CCCN1C(=O)C(N)CCCCN)C(=O)O. The summed E-state index contributed by atoms with van der Waals surface area (Å²) in [5.74, 6) is -2.63. The number of aliphatic carboxylic acids is 1. The molecule has 1 saturated heterocycles. The molecule has 0 spiro atoms. The summed E-state index contributed by atoms with van der Waals surface area (Å²) < 4.78 is 0. The van der Waals surface area contributed by atoms with E-state index in [9.17, 15) is 24.3 Å². The lowest BCUT2D eigenvalue weighted by atomic mass is 10.0. The van der Waals surface area contributed by atoms with Crippen LogP contribution in [0.25, 0.3) is 0 Å². The summed E-state index contributed by atoms with van der Waals surface area (Å²) in [7, 11) is 0. The molecule has 1 aromatic rings.